The Balaban J connectivity index is 2.00. The average molecular weight is 316 g/mol. The summed E-state index contributed by atoms with van der Waals surface area (Å²) in [5, 5.41) is 9.12. The molecule has 0 amide bonds. The number of rotatable bonds is 5. The second-order valence-corrected chi connectivity index (χ2v) is 5.61. The number of benzene rings is 3. The van der Waals surface area contributed by atoms with Gasteiger partial charge in [-0.3, -0.25) is 0 Å². The van der Waals surface area contributed by atoms with Crippen LogP contribution in [0.5, 0.6) is 5.75 Å². The van der Waals surface area contributed by atoms with E-state index in [1.54, 1.807) is 7.11 Å². The molecule has 0 unspecified atom stereocenters. The number of ether oxygens (including phenoxy) is 1. The highest BCUT2D eigenvalue weighted by Gasteiger charge is 2.13. The Morgan fingerprint density at radius 1 is 0.792 bits per heavy atom. The molecule has 0 aromatic heterocycles. The zero-order valence-corrected chi connectivity index (χ0v) is 13.9. The van der Waals surface area contributed by atoms with Gasteiger partial charge in [0.2, 0.25) is 0 Å². The van der Waals surface area contributed by atoms with Crippen LogP contribution in [-0.4, -0.2) is 7.11 Å². The van der Waals surface area contributed by atoms with E-state index in [4.69, 9.17) is 4.74 Å². The second-order valence-electron chi connectivity index (χ2n) is 5.61. The van der Waals surface area contributed by atoms with E-state index in [9.17, 15) is 0 Å². The van der Waals surface area contributed by atoms with Crippen LogP contribution in [0.15, 0.2) is 89.1 Å². The van der Waals surface area contributed by atoms with E-state index in [2.05, 4.69) is 34.5 Å². The van der Waals surface area contributed by atoms with E-state index in [0.29, 0.717) is 0 Å². The van der Waals surface area contributed by atoms with Crippen LogP contribution in [0.25, 0.3) is 0 Å². The molecule has 0 aliphatic heterocycles. The number of hydrogen-bond donors (Lipinski definition) is 0. The number of nitrogens with zero attached hydrogens (tertiary/aromatic N) is 2. The largest absolute Gasteiger partial charge is 0.494 e. The molecule has 0 radical (unpaired) electrons. The molecule has 0 fully saturated rings. The third kappa shape index (κ3) is 3.69. The molecule has 24 heavy (non-hydrogen) atoms. The first-order chi connectivity index (χ1) is 11.8. The molecule has 0 atom stereocenters. The van der Waals surface area contributed by atoms with Gasteiger partial charge in [-0.15, -0.1) is 0 Å². The van der Waals surface area contributed by atoms with Crippen LogP contribution in [0.2, 0.25) is 0 Å². The van der Waals surface area contributed by atoms with E-state index >= 15 is 0 Å². The lowest BCUT2D eigenvalue weighted by atomic mass is 10.00. The van der Waals surface area contributed by atoms with Gasteiger partial charge >= 0.3 is 0 Å². The van der Waals surface area contributed by atoms with Crippen molar-refractivity contribution in [2.45, 2.75) is 13.0 Å². The van der Waals surface area contributed by atoms with Crippen LogP contribution in [0.3, 0.4) is 0 Å². The van der Waals surface area contributed by atoms with Gasteiger partial charge in [-0.05, 0) is 35.7 Å². The number of aryl methyl sites for hydroxylation is 1. The summed E-state index contributed by atoms with van der Waals surface area (Å²) in [4.78, 5) is 0. The quantitative estimate of drug-likeness (QED) is 0.541. The van der Waals surface area contributed by atoms with Crippen LogP contribution in [-0.2, 0) is 0 Å². The van der Waals surface area contributed by atoms with Gasteiger partial charge in [-0.1, -0.05) is 66.7 Å². The van der Waals surface area contributed by atoms with E-state index in [0.717, 1.165) is 28.1 Å². The van der Waals surface area contributed by atoms with E-state index in [-0.39, 0.29) is 6.04 Å². The fourth-order valence-corrected chi connectivity index (χ4v) is 2.59. The van der Waals surface area contributed by atoms with Crippen LogP contribution >= 0.6 is 0 Å². The molecule has 0 heterocycles. The average Bonchev–Trinajstić information content (AvgIpc) is 2.64. The monoisotopic (exact) mass is 316 g/mol. The Hall–Kier alpha value is -2.94. The van der Waals surface area contributed by atoms with Crippen molar-refractivity contribution in [3.63, 3.8) is 0 Å². The minimum atomic E-state index is -0.141. The van der Waals surface area contributed by atoms with Crippen molar-refractivity contribution in [1.29, 1.82) is 0 Å². The van der Waals surface area contributed by atoms with Gasteiger partial charge in [0.25, 0.3) is 0 Å². The molecule has 3 nitrogen and oxygen atoms in total. The van der Waals surface area contributed by atoms with Gasteiger partial charge in [0.05, 0.1) is 7.11 Å². The molecule has 3 heteroatoms. The van der Waals surface area contributed by atoms with Gasteiger partial charge in [-0.2, -0.15) is 10.2 Å². The van der Waals surface area contributed by atoms with Gasteiger partial charge < -0.3 is 4.74 Å². The first kappa shape index (κ1) is 15.9. The van der Waals surface area contributed by atoms with Gasteiger partial charge in [-0.25, -0.2) is 0 Å². The first-order valence-corrected chi connectivity index (χ1v) is 7.93. The Labute approximate surface area is 142 Å². The molecule has 0 N–H and O–H groups in total. The lowest BCUT2D eigenvalue weighted by Gasteiger charge is -2.12. The molecule has 3 aromatic rings. The summed E-state index contributed by atoms with van der Waals surface area (Å²) in [6.07, 6.45) is 0. The fourth-order valence-electron chi connectivity index (χ4n) is 2.59. The van der Waals surface area contributed by atoms with Crippen molar-refractivity contribution in [3.05, 3.63) is 95.6 Å². The molecule has 3 rings (SSSR count). The summed E-state index contributed by atoms with van der Waals surface area (Å²) < 4.78 is 5.39. The van der Waals surface area contributed by atoms with Crippen LogP contribution in [0, 0.1) is 6.92 Å². The van der Waals surface area contributed by atoms with Crippen LogP contribution < -0.4 is 4.74 Å². The summed E-state index contributed by atoms with van der Waals surface area (Å²) in [6, 6.07) is 26.2. The Morgan fingerprint density at radius 2 is 1.38 bits per heavy atom. The summed E-state index contributed by atoms with van der Waals surface area (Å²) in [6.45, 7) is 2.03. The number of hydrogen-bond acceptors (Lipinski definition) is 3. The van der Waals surface area contributed by atoms with Gasteiger partial charge in [0, 0.05) is 0 Å². The van der Waals surface area contributed by atoms with Crippen molar-refractivity contribution in [2.75, 3.05) is 7.11 Å². The minimum Gasteiger partial charge on any atom is -0.494 e. The molecular formula is C21H20N2O. The summed E-state index contributed by atoms with van der Waals surface area (Å²) in [7, 11) is 1.65. The maximum atomic E-state index is 5.39. The van der Waals surface area contributed by atoms with E-state index in [1.807, 2.05) is 61.5 Å². The highest BCUT2D eigenvalue weighted by molar-refractivity contribution is 5.53. The molecule has 120 valence electrons. The lowest BCUT2D eigenvalue weighted by molar-refractivity contribution is 0.415. The minimum absolute atomic E-state index is 0.141. The van der Waals surface area contributed by atoms with Gasteiger partial charge in [0.1, 0.15) is 17.5 Å². The van der Waals surface area contributed by atoms with Crippen molar-refractivity contribution >= 4 is 5.69 Å². The van der Waals surface area contributed by atoms with Crippen LogP contribution in [0.4, 0.5) is 5.69 Å². The predicted molar refractivity (Wildman–Crippen MR) is 97.0 cm³/mol. The third-order valence-electron chi connectivity index (χ3n) is 3.85. The van der Waals surface area contributed by atoms with E-state index < -0.39 is 0 Å². The first-order valence-electron chi connectivity index (χ1n) is 7.93. The van der Waals surface area contributed by atoms with Crippen molar-refractivity contribution in [2.24, 2.45) is 10.2 Å². The predicted octanol–water partition coefficient (Wildman–Crippen LogP) is 5.88. The third-order valence-corrected chi connectivity index (χ3v) is 3.85. The van der Waals surface area contributed by atoms with Crippen molar-refractivity contribution in [1.82, 2.24) is 0 Å². The zero-order chi connectivity index (χ0) is 16.8. The molecule has 0 bridgehead atoms. The molecule has 0 spiro atoms. The summed E-state index contributed by atoms with van der Waals surface area (Å²) in [5.41, 5.74) is 4.09. The molecule has 3 aromatic carbocycles. The maximum absolute atomic E-state index is 5.39. The van der Waals surface area contributed by atoms with Crippen molar-refractivity contribution < 1.29 is 4.74 Å². The molecule has 0 aliphatic rings. The Bertz CT molecular complexity index is 774. The Morgan fingerprint density at radius 3 is 1.92 bits per heavy atom. The molecular weight excluding hydrogens is 296 g/mol. The molecule has 0 saturated heterocycles. The number of azo groups is 1. The maximum Gasteiger partial charge on any atom is 0.146 e. The zero-order valence-electron chi connectivity index (χ0n) is 13.9. The fraction of sp³-hybridized carbons (Fsp3) is 0.143. The smallest absolute Gasteiger partial charge is 0.146 e. The summed E-state index contributed by atoms with van der Waals surface area (Å²) >= 11 is 0. The topological polar surface area (TPSA) is 34.0 Å². The molecule has 0 saturated carbocycles. The second kappa shape index (κ2) is 7.55. The normalized spacial score (nSPS) is 11.1. The number of methoxy groups -OCH3 is 1. The van der Waals surface area contributed by atoms with Gasteiger partial charge in [0.15, 0.2) is 0 Å². The SMILES string of the molecule is COc1ccc(C)cc1N=NC(c1ccccc1)c1ccccc1. The summed E-state index contributed by atoms with van der Waals surface area (Å²) in [5.74, 6) is 0.726. The lowest BCUT2D eigenvalue weighted by Crippen LogP contribution is -1.97. The molecule has 0 aliphatic carbocycles. The van der Waals surface area contributed by atoms with Crippen LogP contribution in [0.1, 0.15) is 22.7 Å². The van der Waals surface area contributed by atoms with E-state index in [1.165, 1.54) is 0 Å². The Kier molecular flexibility index (Phi) is 5.02. The van der Waals surface area contributed by atoms with Crippen molar-refractivity contribution in [3.8, 4) is 5.75 Å². The highest BCUT2D eigenvalue weighted by atomic mass is 16.5. The highest BCUT2D eigenvalue weighted by Crippen LogP contribution is 2.32. The standard InChI is InChI=1S/C21H20N2O/c1-16-13-14-20(24-2)19(15-16)22-23-21(17-9-5-3-6-10-17)18-11-7-4-8-12-18/h3-15,21H,1-2H3.